The molecule has 4 aromatic rings. The van der Waals surface area contributed by atoms with Crippen molar-refractivity contribution in [2.45, 2.75) is 18.9 Å². The van der Waals surface area contributed by atoms with Crippen LogP contribution in [0.15, 0.2) is 55.1 Å². The zero-order chi connectivity index (χ0) is 24.2. The van der Waals surface area contributed by atoms with Gasteiger partial charge >= 0.3 is 0 Å². The molecule has 2 aliphatic heterocycles. The molecule has 0 aliphatic carbocycles. The fourth-order valence-electron chi connectivity index (χ4n) is 4.26. The molecule has 186 valence electrons. The molecule has 0 unspecified atom stereocenters. The van der Waals surface area contributed by atoms with Gasteiger partial charge in [-0.1, -0.05) is 0 Å². The summed E-state index contributed by atoms with van der Waals surface area (Å²) in [5, 5.41) is 6.69. The van der Waals surface area contributed by atoms with Crippen LogP contribution in [0, 0.1) is 0 Å². The summed E-state index contributed by atoms with van der Waals surface area (Å²) in [7, 11) is 0. The Morgan fingerprint density at radius 2 is 1.72 bits per heavy atom. The number of fused-ring (bicyclic) bond motifs is 1. The Morgan fingerprint density at radius 1 is 0.861 bits per heavy atom. The van der Waals surface area contributed by atoms with E-state index in [2.05, 4.69) is 25.5 Å². The summed E-state index contributed by atoms with van der Waals surface area (Å²) in [4.78, 5) is 20.5. The van der Waals surface area contributed by atoms with Crippen LogP contribution in [-0.4, -0.2) is 70.0 Å². The van der Waals surface area contributed by atoms with Gasteiger partial charge in [-0.15, -0.1) is 0 Å². The molecule has 6 rings (SSSR count). The van der Waals surface area contributed by atoms with Crippen LogP contribution in [0.4, 0.5) is 29.0 Å². The second kappa shape index (κ2) is 10.3. The van der Waals surface area contributed by atoms with Gasteiger partial charge in [0, 0.05) is 68.4 Å². The van der Waals surface area contributed by atoms with E-state index in [1.54, 1.807) is 12.4 Å². The van der Waals surface area contributed by atoms with Crippen molar-refractivity contribution >= 4 is 34.6 Å². The summed E-state index contributed by atoms with van der Waals surface area (Å²) < 4.78 is 18.9. The lowest BCUT2D eigenvalue weighted by Crippen LogP contribution is -2.36. The van der Waals surface area contributed by atoms with Crippen LogP contribution in [-0.2, 0) is 9.47 Å². The lowest BCUT2D eigenvalue weighted by Gasteiger charge is -2.28. The van der Waals surface area contributed by atoms with Gasteiger partial charge in [-0.25, -0.2) is 9.97 Å². The van der Waals surface area contributed by atoms with Crippen LogP contribution in [0.25, 0.3) is 5.65 Å². The van der Waals surface area contributed by atoms with E-state index < -0.39 is 0 Å². The van der Waals surface area contributed by atoms with Gasteiger partial charge in [0.2, 0.25) is 11.8 Å². The Labute approximate surface area is 208 Å². The van der Waals surface area contributed by atoms with Gasteiger partial charge in [-0.05, 0) is 12.1 Å². The van der Waals surface area contributed by atoms with Crippen LogP contribution in [0.2, 0.25) is 0 Å². The lowest BCUT2D eigenvalue weighted by molar-refractivity contribution is 0.0237. The predicted molar refractivity (Wildman–Crippen MR) is 136 cm³/mol. The van der Waals surface area contributed by atoms with Gasteiger partial charge in [-0.3, -0.25) is 0 Å². The predicted octanol–water partition coefficient (Wildman–Crippen LogP) is 3.40. The van der Waals surface area contributed by atoms with E-state index in [1.165, 1.54) is 0 Å². The Bertz CT molecular complexity index is 1300. The average molecular weight is 489 g/mol. The number of aromatic nitrogens is 5. The monoisotopic (exact) mass is 488 g/mol. The second-order valence-electron chi connectivity index (χ2n) is 8.71. The number of nitrogens with one attached hydrogen (secondary N) is 2. The highest BCUT2D eigenvalue weighted by atomic mass is 16.5. The minimum absolute atomic E-state index is 0.147. The van der Waals surface area contributed by atoms with E-state index in [0.717, 1.165) is 62.0 Å². The molecule has 0 saturated carbocycles. The Balaban J connectivity index is 1.22. The first-order valence-electron chi connectivity index (χ1n) is 12.2. The van der Waals surface area contributed by atoms with Gasteiger partial charge in [-0.2, -0.15) is 9.97 Å². The average Bonchev–Trinajstić information content (AvgIpc) is 3.39. The zero-order valence-electron chi connectivity index (χ0n) is 19.8. The molecule has 0 atom stereocenters. The van der Waals surface area contributed by atoms with Crippen LogP contribution >= 0.6 is 0 Å². The third-order valence-corrected chi connectivity index (χ3v) is 6.17. The van der Waals surface area contributed by atoms with Gasteiger partial charge in [0.1, 0.15) is 23.4 Å². The standard InChI is InChI=1S/C25H28N8O3/c1-2-24(36-20-4-11-34-12-5-20)27-17-19(1)29-25-30-21(16-23(31-25)33-9-13-35-14-10-33)28-18-3-7-32-8-6-26-22(32)15-18/h1-3,6-8,15-17,20H,4-5,9-14H2,(H2,28,29,30,31). The third-order valence-electron chi connectivity index (χ3n) is 6.17. The van der Waals surface area contributed by atoms with Crippen molar-refractivity contribution in [2.24, 2.45) is 0 Å². The highest BCUT2D eigenvalue weighted by molar-refractivity contribution is 5.66. The van der Waals surface area contributed by atoms with Crippen molar-refractivity contribution in [3.05, 3.63) is 55.1 Å². The Hall–Kier alpha value is -3.96. The van der Waals surface area contributed by atoms with Gasteiger partial charge in [0.25, 0.3) is 0 Å². The molecule has 6 heterocycles. The summed E-state index contributed by atoms with van der Waals surface area (Å²) in [6.45, 7) is 4.35. The first-order valence-corrected chi connectivity index (χ1v) is 12.2. The van der Waals surface area contributed by atoms with Gasteiger partial charge in [0.15, 0.2) is 0 Å². The first-order chi connectivity index (χ1) is 17.8. The molecule has 0 aromatic carbocycles. The first kappa shape index (κ1) is 22.5. The molecule has 0 amide bonds. The van der Waals surface area contributed by atoms with Crippen molar-refractivity contribution in [1.82, 2.24) is 24.3 Å². The molecule has 0 bridgehead atoms. The molecule has 2 N–H and O–H groups in total. The molecule has 2 saturated heterocycles. The Kier molecular flexibility index (Phi) is 6.46. The summed E-state index contributed by atoms with van der Waals surface area (Å²) in [5.74, 6) is 2.58. The minimum Gasteiger partial charge on any atom is -0.474 e. The van der Waals surface area contributed by atoms with E-state index in [9.17, 15) is 0 Å². The van der Waals surface area contributed by atoms with Crippen LogP contribution in [0.3, 0.4) is 0 Å². The number of hydrogen-bond acceptors (Lipinski definition) is 10. The van der Waals surface area contributed by atoms with Crippen LogP contribution in [0.1, 0.15) is 12.8 Å². The molecule has 11 nitrogen and oxygen atoms in total. The minimum atomic E-state index is 0.147. The van der Waals surface area contributed by atoms with E-state index in [-0.39, 0.29) is 6.10 Å². The summed E-state index contributed by atoms with van der Waals surface area (Å²) in [5.41, 5.74) is 2.52. The van der Waals surface area contributed by atoms with Gasteiger partial charge in [0.05, 0.1) is 38.3 Å². The molecule has 36 heavy (non-hydrogen) atoms. The molecule has 2 aliphatic rings. The van der Waals surface area contributed by atoms with Crippen molar-refractivity contribution in [1.29, 1.82) is 0 Å². The highest BCUT2D eigenvalue weighted by Gasteiger charge is 2.17. The third kappa shape index (κ3) is 5.31. The highest BCUT2D eigenvalue weighted by Crippen LogP contribution is 2.25. The summed E-state index contributed by atoms with van der Waals surface area (Å²) in [6, 6.07) is 9.70. The van der Waals surface area contributed by atoms with Crippen molar-refractivity contribution in [2.75, 3.05) is 55.1 Å². The molecular formula is C25H28N8O3. The van der Waals surface area contributed by atoms with Crippen LogP contribution < -0.4 is 20.3 Å². The SMILES string of the molecule is c1cn2ccc(Nc3cc(N4CCOCC4)nc(Nc4ccc(OC5CCOCC5)nc4)n3)cc2n1. The van der Waals surface area contributed by atoms with E-state index in [4.69, 9.17) is 24.2 Å². The normalized spacial score (nSPS) is 16.7. The summed E-state index contributed by atoms with van der Waals surface area (Å²) >= 11 is 0. The molecule has 2 fully saturated rings. The summed E-state index contributed by atoms with van der Waals surface area (Å²) in [6.07, 6.45) is 9.29. The lowest BCUT2D eigenvalue weighted by atomic mass is 10.1. The largest absolute Gasteiger partial charge is 0.474 e. The fourth-order valence-corrected chi connectivity index (χ4v) is 4.26. The smallest absolute Gasteiger partial charge is 0.231 e. The number of hydrogen-bond donors (Lipinski definition) is 2. The topological polar surface area (TPSA) is 111 Å². The quantitative estimate of drug-likeness (QED) is 0.401. The zero-order valence-corrected chi connectivity index (χ0v) is 19.8. The number of pyridine rings is 2. The van der Waals surface area contributed by atoms with Crippen LogP contribution in [0.5, 0.6) is 5.88 Å². The molecule has 0 radical (unpaired) electrons. The Morgan fingerprint density at radius 3 is 2.56 bits per heavy atom. The fraction of sp³-hybridized carbons (Fsp3) is 0.360. The number of morpholine rings is 1. The number of imidazole rings is 1. The molecule has 4 aromatic heterocycles. The number of nitrogens with zero attached hydrogens (tertiary/aromatic N) is 6. The number of rotatable bonds is 7. The second-order valence-corrected chi connectivity index (χ2v) is 8.71. The van der Waals surface area contributed by atoms with Crippen molar-refractivity contribution in [3.8, 4) is 5.88 Å². The maximum Gasteiger partial charge on any atom is 0.231 e. The van der Waals surface area contributed by atoms with E-state index >= 15 is 0 Å². The molecular weight excluding hydrogens is 460 g/mol. The van der Waals surface area contributed by atoms with E-state index in [0.29, 0.717) is 30.9 Å². The molecule has 0 spiro atoms. The maximum absolute atomic E-state index is 5.98. The van der Waals surface area contributed by atoms with Crippen molar-refractivity contribution < 1.29 is 14.2 Å². The van der Waals surface area contributed by atoms with E-state index in [1.807, 2.05) is 47.1 Å². The number of anilines is 5. The molecule has 11 heteroatoms. The maximum atomic E-state index is 5.98. The number of ether oxygens (including phenoxy) is 3. The van der Waals surface area contributed by atoms with Gasteiger partial charge < -0.3 is 34.1 Å². The van der Waals surface area contributed by atoms with Crippen molar-refractivity contribution in [3.63, 3.8) is 0 Å².